The van der Waals surface area contributed by atoms with Gasteiger partial charge in [0.2, 0.25) is 0 Å². The molecule has 6 nitrogen and oxygen atoms in total. The first-order chi connectivity index (χ1) is 8.09. The molecule has 0 bridgehead atoms. The Morgan fingerprint density at radius 2 is 1.94 bits per heavy atom. The largest absolute Gasteiger partial charge is 0.481 e. The topological polar surface area (TPSA) is 83.9 Å². The lowest BCUT2D eigenvalue weighted by Crippen LogP contribution is -2.32. The van der Waals surface area contributed by atoms with Gasteiger partial charge in [-0.15, -0.1) is 0 Å². The van der Waals surface area contributed by atoms with E-state index in [0.717, 1.165) is 4.90 Å². The molecule has 17 heavy (non-hydrogen) atoms. The normalized spacial score (nSPS) is 19.3. The fourth-order valence-electron chi connectivity index (χ4n) is 1.56. The molecule has 2 amide bonds. The third kappa shape index (κ3) is 2.10. The maximum atomic E-state index is 11.8. The summed E-state index contributed by atoms with van der Waals surface area (Å²) in [4.78, 5) is 34.6. The van der Waals surface area contributed by atoms with Crippen LogP contribution in [0, 0.1) is 0 Å². The highest BCUT2D eigenvalue weighted by Crippen LogP contribution is 2.23. The molecule has 1 atom stereocenters. The lowest BCUT2D eigenvalue weighted by Gasteiger charge is -2.10. The standard InChI is InChI=1S/C11H9NO5/c13-9(14)6-8-10(15)12(11(16)17-8)7-4-2-1-3-5-7/h1-5,8H,6H2,(H,13,14). The van der Waals surface area contributed by atoms with Crippen LogP contribution in [-0.2, 0) is 14.3 Å². The van der Waals surface area contributed by atoms with Crippen molar-refractivity contribution < 1.29 is 24.2 Å². The van der Waals surface area contributed by atoms with Crippen molar-refractivity contribution in [2.24, 2.45) is 0 Å². The Morgan fingerprint density at radius 3 is 2.53 bits per heavy atom. The molecule has 0 aliphatic carbocycles. The predicted molar refractivity (Wildman–Crippen MR) is 56.4 cm³/mol. The Morgan fingerprint density at radius 1 is 1.29 bits per heavy atom. The van der Waals surface area contributed by atoms with Crippen LogP contribution in [-0.4, -0.2) is 29.2 Å². The molecule has 2 rings (SSSR count). The number of anilines is 1. The van der Waals surface area contributed by atoms with Crippen LogP contribution in [0.1, 0.15) is 6.42 Å². The van der Waals surface area contributed by atoms with Crippen LogP contribution in [0.15, 0.2) is 30.3 Å². The summed E-state index contributed by atoms with van der Waals surface area (Å²) in [6.45, 7) is 0. The lowest BCUT2D eigenvalue weighted by atomic mass is 10.2. The molecule has 0 spiro atoms. The summed E-state index contributed by atoms with van der Waals surface area (Å²) in [7, 11) is 0. The molecule has 0 radical (unpaired) electrons. The molecule has 1 fully saturated rings. The summed E-state index contributed by atoms with van der Waals surface area (Å²) in [5.74, 6) is -1.84. The second-order valence-corrected chi connectivity index (χ2v) is 3.48. The number of nitrogens with zero attached hydrogens (tertiary/aromatic N) is 1. The van der Waals surface area contributed by atoms with E-state index >= 15 is 0 Å². The number of benzene rings is 1. The number of carbonyl (C=O) groups is 3. The number of para-hydroxylation sites is 1. The molecule has 1 aromatic rings. The summed E-state index contributed by atoms with van der Waals surface area (Å²) in [5.41, 5.74) is 0.371. The Labute approximate surface area is 96.4 Å². The Balaban J connectivity index is 2.23. The van der Waals surface area contributed by atoms with E-state index in [1.807, 2.05) is 0 Å². The maximum absolute atomic E-state index is 11.8. The highest BCUT2D eigenvalue weighted by molar-refractivity contribution is 6.18. The first kappa shape index (κ1) is 11.1. The van der Waals surface area contributed by atoms with Gasteiger partial charge in [-0.3, -0.25) is 9.59 Å². The third-order valence-electron chi connectivity index (χ3n) is 2.30. The number of aliphatic carboxylic acids is 1. The summed E-state index contributed by atoms with van der Waals surface area (Å²) in [6.07, 6.45) is -2.60. The molecule has 0 aromatic heterocycles. The fourth-order valence-corrected chi connectivity index (χ4v) is 1.56. The molecule has 1 aromatic carbocycles. The zero-order valence-corrected chi connectivity index (χ0v) is 8.70. The zero-order chi connectivity index (χ0) is 12.4. The Hall–Kier alpha value is -2.37. The monoisotopic (exact) mass is 235 g/mol. The van der Waals surface area contributed by atoms with Crippen molar-refractivity contribution in [1.82, 2.24) is 0 Å². The number of rotatable bonds is 3. The van der Waals surface area contributed by atoms with E-state index in [2.05, 4.69) is 0 Å². The average Bonchev–Trinajstić information content (AvgIpc) is 2.54. The molecule has 1 aliphatic heterocycles. The van der Waals surface area contributed by atoms with Crippen molar-refractivity contribution in [3.05, 3.63) is 30.3 Å². The number of carboxylic acid groups (broad SMARTS) is 1. The first-order valence-electron chi connectivity index (χ1n) is 4.91. The molecular formula is C11H9NO5. The van der Waals surface area contributed by atoms with Crippen LogP contribution in [0.25, 0.3) is 0 Å². The van der Waals surface area contributed by atoms with Gasteiger partial charge in [0, 0.05) is 0 Å². The number of carboxylic acids is 1. The number of amides is 2. The van der Waals surface area contributed by atoms with Crippen molar-refractivity contribution in [1.29, 1.82) is 0 Å². The van der Waals surface area contributed by atoms with Crippen LogP contribution in [0.2, 0.25) is 0 Å². The van der Waals surface area contributed by atoms with Gasteiger partial charge in [-0.2, -0.15) is 0 Å². The minimum absolute atomic E-state index is 0.371. The number of carbonyl (C=O) groups excluding carboxylic acids is 2. The number of imide groups is 1. The molecule has 1 heterocycles. The second kappa shape index (κ2) is 4.25. The quantitative estimate of drug-likeness (QED) is 0.845. The summed E-state index contributed by atoms with van der Waals surface area (Å²) in [6, 6.07) is 8.22. The first-order valence-corrected chi connectivity index (χ1v) is 4.91. The van der Waals surface area contributed by atoms with Gasteiger partial charge in [-0.25, -0.2) is 9.69 Å². The smallest absolute Gasteiger partial charge is 0.422 e. The zero-order valence-electron chi connectivity index (χ0n) is 8.70. The second-order valence-electron chi connectivity index (χ2n) is 3.48. The molecule has 6 heteroatoms. The molecule has 88 valence electrons. The summed E-state index contributed by atoms with van der Waals surface area (Å²) < 4.78 is 4.71. The Bertz CT molecular complexity index is 470. The van der Waals surface area contributed by atoms with Gasteiger partial charge >= 0.3 is 12.1 Å². The molecule has 1 aliphatic rings. The number of cyclic esters (lactones) is 1. The van der Waals surface area contributed by atoms with Gasteiger partial charge in [0.15, 0.2) is 6.10 Å². The van der Waals surface area contributed by atoms with Gasteiger partial charge in [0.25, 0.3) is 5.91 Å². The van der Waals surface area contributed by atoms with Crippen molar-refractivity contribution >= 4 is 23.7 Å². The van der Waals surface area contributed by atoms with E-state index in [1.54, 1.807) is 30.3 Å². The Kier molecular flexibility index (Phi) is 2.78. The van der Waals surface area contributed by atoms with Gasteiger partial charge in [0.1, 0.15) is 0 Å². The van der Waals surface area contributed by atoms with Crippen LogP contribution < -0.4 is 4.90 Å². The van der Waals surface area contributed by atoms with Gasteiger partial charge in [-0.05, 0) is 12.1 Å². The minimum Gasteiger partial charge on any atom is -0.481 e. The number of hydrogen-bond acceptors (Lipinski definition) is 4. The van der Waals surface area contributed by atoms with Crippen LogP contribution in [0.4, 0.5) is 10.5 Å². The van der Waals surface area contributed by atoms with E-state index in [9.17, 15) is 14.4 Å². The minimum atomic E-state index is -1.24. The number of ether oxygens (including phenoxy) is 1. The lowest BCUT2D eigenvalue weighted by molar-refractivity contribution is -0.141. The summed E-state index contributed by atoms with van der Waals surface area (Å²) >= 11 is 0. The van der Waals surface area contributed by atoms with Gasteiger partial charge in [-0.1, -0.05) is 18.2 Å². The van der Waals surface area contributed by atoms with Crippen LogP contribution >= 0.6 is 0 Å². The molecule has 0 saturated carbocycles. The van der Waals surface area contributed by atoms with E-state index in [0.29, 0.717) is 5.69 Å². The SMILES string of the molecule is O=C(O)CC1OC(=O)N(c2ccccc2)C1=O. The van der Waals surface area contributed by atoms with Gasteiger partial charge < -0.3 is 9.84 Å². The molecule has 1 N–H and O–H groups in total. The van der Waals surface area contributed by atoms with E-state index in [-0.39, 0.29) is 0 Å². The van der Waals surface area contributed by atoms with E-state index in [1.165, 1.54) is 0 Å². The molecular weight excluding hydrogens is 226 g/mol. The summed E-state index contributed by atoms with van der Waals surface area (Å²) in [5, 5.41) is 8.57. The fraction of sp³-hybridized carbons (Fsp3) is 0.182. The third-order valence-corrected chi connectivity index (χ3v) is 2.30. The van der Waals surface area contributed by atoms with Crippen molar-refractivity contribution in [3.8, 4) is 0 Å². The highest BCUT2D eigenvalue weighted by atomic mass is 16.6. The average molecular weight is 235 g/mol. The predicted octanol–water partition coefficient (Wildman–Crippen LogP) is 1.01. The number of hydrogen-bond donors (Lipinski definition) is 1. The van der Waals surface area contributed by atoms with E-state index < -0.39 is 30.5 Å². The highest BCUT2D eigenvalue weighted by Gasteiger charge is 2.42. The maximum Gasteiger partial charge on any atom is 0.422 e. The van der Waals surface area contributed by atoms with Crippen LogP contribution in [0.3, 0.4) is 0 Å². The van der Waals surface area contributed by atoms with E-state index in [4.69, 9.17) is 9.84 Å². The molecule has 1 unspecified atom stereocenters. The molecule has 1 saturated heterocycles. The van der Waals surface area contributed by atoms with Gasteiger partial charge in [0.05, 0.1) is 12.1 Å². The van der Waals surface area contributed by atoms with Crippen molar-refractivity contribution in [2.75, 3.05) is 4.90 Å². The van der Waals surface area contributed by atoms with Crippen molar-refractivity contribution in [3.63, 3.8) is 0 Å². The van der Waals surface area contributed by atoms with Crippen LogP contribution in [0.5, 0.6) is 0 Å². The van der Waals surface area contributed by atoms with Crippen molar-refractivity contribution in [2.45, 2.75) is 12.5 Å².